The van der Waals surface area contributed by atoms with Gasteiger partial charge in [-0.3, -0.25) is 9.59 Å². The van der Waals surface area contributed by atoms with Crippen LogP contribution in [-0.4, -0.2) is 79.1 Å². The Morgan fingerprint density at radius 1 is 1.14 bits per heavy atom. The van der Waals surface area contributed by atoms with E-state index in [1.807, 2.05) is 42.5 Å². The maximum Gasteiger partial charge on any atom is 0.247 e. The van der Waals surface area contributed by atoms with Gasteiger partial charge in [-0.05, 0) is 90.2 Å². The average molecular weight is 693 g/mol. The van der Waals surface area contributed by atoms with Crippen LogP contribution in [0.15, 0.2) is 66.8 Å². The molecule has 0 radical (unpaired) electrons. The number of carbonyl (C=O) groups is 2. The molecule has 0 spiro atoms. The number of para-hydroxylation sites is 1. The van der Waals surface area contributed by atoms with Crippen LogP contribution in [0.1, 0.15) is 37.7 Å². The zero-order valence-corrected chi connectivity index (χ0v) is 26.4. The van der Waals surface area contributed by atoms with Crippen LogP contribution in [0.3, 0.4) is 0 Å². The molecule has 2 aromatic carbocycles. The molecule has 42 heavy (non-hydrogen) atoms. The first kappa shape index (κ1) is 33.4. The van der Waals surface area contributed by atoms with E-state index in [-0.39, 0.29) is 37.9 Å². The molecule has 2 amide bonds. The fourth-order valence-corrected chi connectivity index (χ4v) is 5.48. The highest BCUT2D eigenvalue weighted by atomic mass is 127. The van der Waals surface area contributed by atoms with Crippen LogP contribution in [0.5, 0.6) is 17.2 Å². The van der Waals surface area contributed by atoms with Crippen molar-refractivity contribution < 1.29 is 34.0 Å². The van der Waals surface area contributed by atoms with Crippen LogP contribution < -0.4 is 19.5 Å². The Kier molecular flexibility index (Phi) is 13.6. The molecule has 0 bridgehead atoms. The third kappa shape index (κ3) is 9.20. The largest absolute Gasteiger partial charge is 0.497 e. The summed E-state index contributed by atoms with van der Waals surface area (Å²) >= 11 is 2.16. The Balaban J connectivity index is 1.95. The number of aliphatic hydroxyl groups excluding tert-OH is 2. The molecule has 10 heteroatoms. The van der Waals surface area contributed by atoms with E-state index in [9.17, 15) is 19.8 Å². The number of nitrogens with zero attached hydrogens (tertiary/aromatic N) is 1. The number of unbranched alkanes of at least 4 members (excludes halogenated alkanes) is 2. The Morgan fingerprint density at radius 2 is 1.93 bits per heavy atom. The smallest absolute Gasteiger partial charge is 0.247 e. The molecule has 0 aliphatic heterocycles. The van der Waals surface area contributed by atoms with Crippen LogP contribution in [0.25, 0.3) is 0 Å². The zero-order chi connectivity index (χ0) is 30.5. The first-order chi connectivity index (χ1) is 20.3. The van der Waals surface area contributed by atoms with E-state index in [0.717, 1.165) is 22.0 Å². The summed E-state index contributed by atoms with van der Waals surface area (Å²) in [6.07, 6.45) is 4.66. The molecule has 0 saturated heterocycles. The maximum atomic E-state index is 13.8. The van der Waals surface area contributed by atoms with E-state index in [4.69, 9.17) is 14.2 Å². The van der Waals surface area contributed by atoms with Crippen LogP contribution in [0, 0.1) is 3.57 Å². The fourth-order valence-electron chi connectivity index (χ4n) is 4.97. The van der Waals surface area contributed by atoms with E-state index in [2.05, 4.69) is 34.5 Å². The topological polar surface area (TPSA) is 118 Å². The Morgan fingerprint density at radius 3 is 2.62 bits per heavy atom. The molecular weight excluding hydrogens is 651 g/mol. The highest BCUT2D eigenvalue weighted by molar-refractivity contribution is 14.1. The van der Waals surface area contributed by atoms with Gasteiger partial charge in [-0.1, -0.05) is 18.2 Å². The number of rotatable bonds is 16. The lowest BCUT2D eigenvalue weighted by atomic mass is 9.87. The number of aliphatic hydroxyl groups is 2. The van der Waals surface area contributed by atoms with Gasteiger partial charge >= 0.3 is 0 Å². The number of hydrogen-bond donors (Lipinski definition) is 3. The average Bonchev–Trinajstić information content (AvgIpc) is 3.00. The number of carbonyl (C=O) groups excluding carboxylic acids is 2. The summed E-state index contributed by atoms with van der Waals surface area (Å²) in [5.74, 6) is 1.42. The zero-order valence-electron chi connectivity index (χ0n) is 24.3. The lowest BCUT2D eigenvalue weighted by Gasteiger charge is -2.40. The summed E-state index contributed by atoms with van der Waals surface area (Å²) < 4.78 is 18.0. The molecule has 0 aromatic heterocycles. The van der Waals surface area contributed by atoms with Crippen LogP contribution >= 0.6 is 22.6 Å². The predicted molar refractivity (Wildman–Crippen MR) is 170 cm³/mol. The molecule has 1 aliphatic carbocycles. The Labute approximate surface area is 261 Å². The van der Waals surface area contributed by atoms with E-state index in [1.54, 1.807) is 31.3 Å². The second-order valence-electron chi connectivity index (χ2n) is 10.00. The minimum absolute atomic E-state index is 0.0904. The number of benzene rings is 2. The van der Waals surface area contributed by atoms with E-state index < -0.39 is 18.2 Å². The van der Waals surface area contributed by atoms with Crippen molar-refractivity contribution in [3.8, 4) is 17.2 Å². The van der Waals surface area contributed by atoms with Gasteiger partial charge in [-0.25, -0.2) is 0 Å². The first-order valence-corrected chi connectivity index (χ1v) is 15.2. The van der Waals surface area contributed by atoms with Gasteiger partial charge in [-0.15, -0.1) is 6.58 Å². The lowest BCUT2D eigenvalue weighted by Crippen LogP contribution is -2.55. The van der Waals surface area contributed by atoms with Gasteiger partial charge in [0.1, 0.15) is 29.5 Å². The molecule has 228 valence electrons. The summed E-state index contributed by atoms with van der Waals surface area (Å²) in [7, 11) is 3.18. The monoisotopic (exact) mass is 692 g/mol. The molecule has 0 saturated carbocycles. The Bertz CT molecular complexity index is 1240. The van der Waals surface area contributed by atoms with Gasteiger partial charge in [0, 0.05) is 31.5 Å². The normalized spacial score (nSPS) is 18.0. The van der Waals surface area contributed by atoms with Crippen molar-refractivity contribution in [1.82, 2.24) is 10.2 Å². The summed E-state index contributed by atoms with van der Waals surface area (Å²) in [6, 6.07) is 12.2. The van der Waals surface area contributed by atoms with Crippen molar-refractivity contribution in [1.29, 1.82) is 0 Å². The minimum atomic E-state index is -1.10. The standard InChI is InChI=1S/C32H41IN2O7/c1-4-5-6-7-12-30(37)35(17-15-22-19-24(40-2)13-14-27(22)41-3)26-20-23(32(39)34-16-18-36)21-29(31(26)38)42-28-11-9-8-10-25(28)33/h4,8-11,13-14,19,21,26,29,31,36,38H,1,5-7,12,15-18,20H2,2-3H3,(H,34,39). The quantitative estimate of drug-likeness (QED) is 0.138. The summed E-state index contributed by atoms with van der Waals surface area (Å²) in [5, 5.41) is 23.6. The van der Waals surface area contributed by atoms with Crippen LogP contribution in [0.2, 0.25) is 0 Å². The minimum Gasteiger partial charge on any atom is -0.497 e. The van der Waals surface area contributed by atoms with Crippen molar-refractivity contribution in [2.75, 3.05) is 33.9 Å². The molecule has 1 aliphatic rings. The number of ether oxygens (including phenoxy) is 3. The van der Waals surface area contributed by atoms with Crippen molar-refractivity contribution in [2.24, 2.45) is 0 Å². The molecule has 0 heterocycles. The first-order valence-electron chi connectivity index (χ1n) is 14.1. The number of amides is 2. The van der Waals surface area contributed by atoms with Gasteiger partial charge in [0.25, 0.3) is 0 Å². The van der Waals surface area contributed by atoms with Crippen molar-refractivity contribution >= 4 is 34.4 Å². The number of hydrogen-bond acceptors (Lipinski definition) is 7. The third-order valence-corrected chi connectivity index (χ3v) is 8.08. The van der Waals surface area contributed by atoms with Gasteiger partial charge in [-0.2, -0.15) is 0 Å². The highest BCUT2D eigenvalue weighted by Gasteiger charge is 2.40. The van der Waals surface area contributed by atoms with Gasteiger partial charge < -0.3 is 34.6 Å². The highest BCUT2D eigenvalue weighted by Crippen LogP contribution is 2.31. The van der Waals surface area contributed by atoms with Crippen molar-refractivity contribution in [2.45, 2.75) is 56.8 Å². The van der Waals surface area contributed by atoms with E-state index in [0.29, 0.717) is 42.1 Å². The van der Waals surface area contributed by atoms with Crippen LogP contribution in [0.4, 0.5) is 0 Å². The molecule has 9 nitrogen and oxygen atoms in total. The van der Waals surface area contributed by atoms with Crippen LogP contribution in [-0.2, 0) is 16.0 Å². The summed E-state index contributed by atoms with van der Waals surface area (Å²) in [4.78, 5) is 28.5. The summed E-state index contributed by atoms with van der Waals surface area (Å²) in [6.45, 7) is 3.93. The Hall–Kier alpha value is -3.09. The summed E-state index contributed by atoms with van der Waals surface area (Å²) in [5.41, 5.74) is 1.24. The van der Waals surface area contributed by atoms with E-state index in [1.165, 1.54) is 0 Å². The number of allylic oxidation sites excluding steroid dienone is 1. The number of methoxy groups -OCH3 is 2. The molecule has 3 atom stereocenters. The third-order valence-electron chi connectivity index (χ3n) is 7.19. The molecular formula is C32H41IN2O7. The second kappa shape index (κ2) is 17.1. The molecule has 0 fully saturated rings. The SMILES string of the molecule is C=CCCCCC(=O)N(CCc1cc(OC)ccc1OC)C1CC(C(=O)NCCO)=CC(Oc2ccccc2I)C1O. The molecule has 3 unspecified atom stereocenters. The van der Waals surface area contributed by atoms with Crippen molar-refractivity contribution in [3.63, 3.8) is 0 Å². The lowest BCUT2D eigenvalue weighted by molar-refractivity contribution is -0.138. The van der Waals surface area contributed by atoms with Gasteiger partial charge in [0.05, 0.1) is 30.4 Å². The van der Waals surface area contributed by atoms with Gasteiger partial charge in [0.2, 0.25) is 11.8 Å². The molecule has 2 aromatic rings. The second-order valence-corrected chi connectivity index (χ2v) is 11.2. The molecule has 3 rings (SSSR count). The molecule has 3 N–H and O–H groups in total. The van der Waals surface area contributed by atoms with E-state index >= 15 is 0 Å². The fraction of sp³-hybridized carbons (Fsp3) is 0.438. The maximum absolute atomic E-state index is 13.8. The number of halogens is 1. The van der Waals surface area contributed by atoms with Gasteiger partial charge in [0.15, 0.2) is 0 Å². The number of nitrogens with one attached hydrogen (secondary N) is 1. The van der Waals surface area contributed by atoms with Crippen molar-refractivity contribution in [3.05, 3.63) is 75.9 Å². The predicted octanol–water partition coefficient (Wildman–Crippen LogP) is 4.04.